The van der Waals surface area contributed by atoms with Gasteiger partial charge in [0.2, 0.25) is 0 Å². The van der Waals surface area contributed by atoms with Crippen molar-refractivity contribution in [2.24, 2.45) is 5.92 Å². The zero-order chi connectivity index (χ0) is 13.5. The highest BCUT2D eigenvalue weighted by Crippen LogP contribution is 2.17. The van der Waals surface area contributed by atoms with Crippen LogP contribution >= 0.6 is 0 Å². The van der Waals surface area contributed by atoms with Crippen LogP contribution in [0.3, 0.4) is 0 Å². The topological polar surface area (TPSA) is 28.2 Å². The van der Waals surface area contributed by atoms with Gasteiger partial charge in [0.05, 0.1) is 5.69 Å². The van der Waals surface area contributed by atoms with Crippen LogP contribution in [0, 0.1) is 5.92 Å². The van der Waals surface area contributed by atoms with E-state index in [0.717, 1.165) is 24.6 Å². The molecule has 1 unspecified atom stereocenters. The van der Waals surface area contributed by atoms with Gasteiger partial charge in [-0.1, -0.05) is 26.8 Å². The molecule has 0 amide bonds. The molecule has 0 spiro atoms. The molecule has 1 aromatic rings. The van der Waals surface area contributed by atoms with Crippen molar-refractivity contribution in [3.05, 3.63) is 23.9 Å². The molecule has 18 heavy (non-hydrogen) atoms. The first-order valence-corrected chi connectivity index (χ1v) is 6.94. The standard InChI is InChI=1S/C15H27N3/c1-6-16-11-14-8-7-9-15(17-14)18(5)13(4)10-12(2)3/h7-9,12-13,16H,6,10-11H2,1-5H3. The third-order valence-electron chi connectivity index (χ3n) is 3.18. The highest BCUT2D eigenvalue weighted by molar-refractivity contribution is 5.39. The third-order valence-corrected chi connectivity index (χ3v) is 3.18. The van der Waals surface area contributed by atoms with Crippen LogP contribution in [0.4, 0.5) is 5.82 Å². The minimum Gasteiger partial charge on any atom is -0.357 e. The zero-order valence-electron chi connectivity index (χ0n) is 12.4. The summed E-state index contributed by atoms with van der Waals surface area (Å²) < 4.78 is 0. The molecule has 3 nitrogen and oxygen atoms in total. The van der Waals surface area contributed by atoms with Crippen molar-refractivity contribution in [1.29, 1.82) is 0 Å². The van der Waals surface area contributed by atoms with Gasteiger partial charge >= 0.3 is 0 Å². The first-order chi connectivity index (χ1) is 8.54. The molecule has 0 radical (unpaired) electrons. The van der Waals surface area contributed by atoms with Crippen LogP contribution in [0.25, 0.3) is 0 Å². The number of nitrogens with one attached hydrogen (secondary N) is 1. The van der Waals surface area contributed by atoms with Crippen molar-refractivity contribution >= 4 is 5.82 Å². The normalized spacial score (nSPS) is 12.8. The van der Waals surface area contributed by atoms with Crippen LogP contribution in [0.5, 0.6) is 0 Å². The lowest BCUT2D eigenvalue weighted by Gasteiger charge is -2.27. The summed E-state index contributed by atoms with van der Waals surface area (Å²) in [4.78, 5) is 6.98. The summed E-state index contributed by atoms with van der Waals surface area (Å²) in [5.74, 6) is 1.78. The van der Waals surface area contributed by atoms with Gasteiger partial charge in [0.1, 0.15) is 5.82 Å². The van der Waals surface area contributed by atoms with Crippen LogP contribution in [0.2, 0.25) is 0 Å². The molecule has 3 heteroatoms. The number of rotatable bonds is 7. The molecule has 1 atom stereocenters. The van der Waals surface area contributed by atoms with Crippen molar-refractivity contribution in [3.63, 3.8) is 0 Å². The van der Waals surface area contributed by atoms with Gasteiger partial charge in [-0.2, -0.15) is 0 Å². The quantitative estimate of drug-likeness (QED) is 0.805. The van der Waals surface area contributed by atoms with E-state index in [0.29, 0.717) is 12.0 Å². The highest BCUT2D eigenvalue weighted by atomic mass is 15.2. The first kappa shape index (κ1) is 15.0. The second-order valence-corrected chi connectivity index (χ2v) is 5.36. The van der Waals surface area contributed by atoms with Gasteiger partial charge in [-0.25, -0.2) is 4.98 Å². The van der Waals surface area contributed by atoms with E-state index in [1.54, 1.807) is 0 Å². The number of hydrogen-bond donors (Lipinski definition) is 1. The van der Waals surface area contributed by atoms with E-state index in [4.69, 9.17) is 4.98 Å². The second kappa shape index (κ2) is 7.37. The van der Waals surface area contributed by atoms with Gasteiger partial charge < -0.3 is 10.2 Å². The minimum absolute atomic E-state index is 0.520. The van der Waals surface area contributed by atoms with E-state index in [9.17, 15) is 0 Å². The molecule has 0 aliphatic heterocycles. The molecule has 1 heterocycles. The average molecular weight is 249 g/mol. The lowest BCUT2D eigenvalue weighted by Crippen LogP contribution is -2.31. The van der Waals surface area contributed by atoms with E-state index < -0.39 is 0 Å². The molecule has 1 rings (SSSR count). The van der Waals surface area contributed by atoms with Crippen molar-refractivity contribution < 1.29 is 0 Å². The Morgan fingerprint density at radius 3 is 2.61 bits per heavy atom. The van der Waals surface area contributed by atoms with Gasteiger partial charge in [0.25, 0.3) is 0 Å². The maximum Gasteiger partial charge on any atom is 0.128 e. The zero-order valence-corrected chi connectivity index (χ0v) is 12.4. The lowest BCUT2D eigenvalue weighted by molar-refractivity contribution is 0.501. The Kier molecular flexibility index (Phi) is 6.13. The maximum absolute atomic E-state index is 4.70. The van der Waals surface area contributed by atoms with E-state index in [1.165, 1.54) is 6.42 Å². The Morgan fingerprint density at radius 2 is 2.00 bits per heavy atom. The fraction of sp³-hybridized carbons (Fsp3) is 0.667. The molecule has 1 aromatic heterocycles. The molecule has 1 N–H and O–H groups in total. The molecular weight excluding hydrogens is 222 g/mol. The summed E-state index contributed by atoms with van der Waals surface area (Å²) in [5.41, 5.74) is 1.11. The maximum atomic E-state index is 4.70. The predicted octanol–water partition coefficient (Wildman–Crippen LogP) is 3.06. The average Bonchev–Trinajstić information content (AvgIpc) is 2.35. The second-order valence-electron chi connectivity index (χ2n) is 5.36. The SMILES string of the molecule is CCNCc1cccc(N(C)C(C)CC(C)C)n1. The Morgan fingerprint density at radius 1 is 1.28 bits per heavy atom. The number of nitrogens with zero attached hydrogens (tertiary/aromatic N) is 2. The van der Waals surface area contributed by atoms with Crippen molar-refractivity contribution in [1.82, 2.24) is 10.3 Å². The molecule has 102 valence electrons. The monoisotopic (exact) mass is 249 g/mol. The number of pyridine rings is 1. The molecular formula is C15H27N3. The van der Waals surface area contributed by atoms with E-state index in [-0.39, 0.29) is 0 Å². The summed E-state index contributed by atoms with van der Waals surface area (Å²) in [5, 5.41) is 3.31. The predicted molar refractivity (Wildman–Crippen MR) is 78.9 cm³/mol. The van der Waals surface area contributed by atoms with Gasteiger partial charge in [-0.15, -0.1) is 0 Å². The number of hydrogen-bond acceptors (Lipinski definition) is 3. The van der Waals surface area contributed by atoms with Crippen LogP contribution in [-0.2, 0) is 6.54 Å². The molecule has 0 fully saturated rings. The smallest absolute Gasteiger partial charge is 0.128 e. The van der Waals surface area contributed by atoms with Crippen LogP contribution in [0.1, 0.15) is 39.8 Å². The van der Waals surface area contributed by atoms with Gasteiger partial charge in [-0.3, -0.25) is 0 Å². The number of anilines is 1. The summed E-state index contributed by atoms with van der Waals surface area (Å²) in [7, 11) is 2.13. The van der Waals surface area contributed by atoms with Crippen LogP contribution < -0.4 is 10.2 Å². The van der Waals surface area contributed by atoms with Gasteiger partial charge in [-0.05, 0) is 37.9 Å². The van der Waals surface area contributed by atoms with Crippen LogP contribution in [0.15, 0.2) is 18.2 Å². The summed E-state index contributed by atoms with van der Waals surface area (Å²) in [6, 6.07) is 6.78. The Bertz CT molecular complexity index is 349. The minimum atomic E-state index is 0.520. The van der Waals surface area contributed by atoms with E-state index in [1.807, 2.05) is 0 Å². The van der Waals surface area contributed by atoms with Gasteiger partial charge in [0, 0.05) is 19.6 Å². The molecule has 0 aromatic carbocycles. The van der Waals surface area contributed by atoms with Crippen molar-refractivity contribution in [3.8, 4) is 0 Å². The summed E-state index contributed by atoms with van der Waals surface area (Å²) in [6.45, 7) is 10.7. The third kappa shape index (κ3) is 4.65. The van der Waals surface area contributed by atoms with E-state index in [2.05, 4.69) is 63.2 Å². The first-order valence-electron chi connectivity index (χ1n) is 6.94. The highest BCUT2D eigenvalue weighted by Gasteiger charge is 2.12. The van der Waals surface area contributed by atoms with Gasteiger partial charge in [0.15, 0.2) is 0 Å². The molecule has 0 aliphatic carbocycles. The van der Waals surface area contributed by atoms with Crippen LogP contribution in [-0.4, -0.2) is 24.6 Å². The summed E-state index contributed by atoms with van der Waals surface area (Å²) in [6.07, 6.45) is 1.19. The van der Waals surface area contributed by atoms with Crippen molar-refractivity contribution in [2.45, 2.75) is 46.7 Å². The number of aromatic nitrogens is 1. The molecule has 0 saturated heterocycles. The largest absolute Gasteiger partial charge is 0.357 e. The fourth-order valence-electron chi connectivity index (χ4n) is 2.08. The van der Waals surface area contributed by atoms with Crippen molar-refractivity contribution in [2.75, 3.05) is 18.5 Å². The Labute approximate surface area is 112 Å². The molecule has 0 aliphatic rings. The Hall–Kier alpha value is -1.09. The molecule has 0 saturated carbocycles. The fourth-order valence-corrected chi connectivity index (χ4v) is 2.08. The molecule has 0 bridgehead atoms. The summed E-state index contributed by atoms with van der Waals surface area (Å²) >= 11 is 0. The lowest BCUT2D eigenvalue weighted by atomic mass is 10.0. The Balaban J connectivity index is 2.69. The van der Waals surface area contributed by atoms with E-state index >= 15 is 0 Å².